The highest BCUT2D eigenvalue weighted by Gasteiger charge is 2.43. The lowest BCUT2D eigenvalue weighted by atomic mass is 9.98. The number of quaternary nitrogens is 2. The van der Waals surface area contributed by atoms with E-state index in [1.54, 1.807) is 15.9 Å². The molecule has 226 valence electrons. The Bertz CT molecular complexity index is 1850. The summed E-state index contributed by atoms with van der Waals surface area (Å²) in [5.74, 6) is -0.457. The molecule has 3 aromatic carbocycles. The van der Waals surface area contributed by atoms with E-state index in [2.05, 4.69) is 35.5 Å². The van der Waals surface area contributed by atoms with Gasteiger partial charge in [-0.15, -0.1) is 0 Å². The van der Waals surface area contributed by atoms with Gasteiger partial charge in [0.05, 0.1) is 18.1 Å². The first-order valence-corrected chi connectivity index (χ1v) is 14.7. The molecular weight excluding hydrogens is 571 g/mol. The normalized spacial score (nSPS) is 19.0. The van der Waals surface area contributed by atoms with E-state index in [1.165, 1.54) is 22.6 Å². The third-order valence-corrected chi connectivity index (χ3v) is 8.77. The number of aromatic nitrogens is 3. The average molecular weight is 604 g/mol. The number of anilines is 2. The summed E-state index contributed by atoms with van der Waals surface area (Å²) in [5.41, 5.74) is 9.26. The summed E-state index contributed by atoms with van der Waals surface area (Å²) < 4.78 is 48.4. The van der Waals surface area contributed by atoms with Gasteiger partial charge >= 0.3 is 6.18 Å². The van der Waals surface area contributed by atoms with Crippen molar-refractivity contribution in [3.05, 3.63) is 89.2 Å². The molecule has 4 heterocycles. The standard InChI is InChI=1S/C32H30F3N7O2/c1-39-14-16-40(17-15-39)19-21-4-2-3-5-24(21)20-6-8-22(9-7-20)41-13-12-25-28(31(41)43)42(37-29(25)32(33,34)35)23-10-11-27-26(18-23)30(36)38-44-27/h2-11,18H,12-17,19H2,1H3,(H2,36,38)/p+2. The Balaban J connectivity index is 1.20. The molecule has 2 aliphatic heterocycles. The van der Waals surface area contributed by atoms with Gasteiger partial charge < -0.3 is 25.0 Å². The van der Waals surface area contributed by atoms with Crippen molar-refractivity contribution in [3.63, 3.8) is 0 Å². The van der Waals surface area contributed by atoms with Gasteiger partial charge in [-0.25, -0.2) is 4.68 Å². The highest BCUT2D eigenvalue weighted by atomic mass is 19.4. The van der Waals surface area contributed by atoms with Crippen LogP contribution in [0.3, 0.4) is 0 Å². The van der Waals surface area contributed by atoms with Crippen LogP contribution in [0.15, 0.2) is 71.3 Å². The van der Waals surface area contributed by atoms with Crippen molar-refractivity contribution in [1.29, 1.82) is 0 Å². The van der Waals surface area contributed by atoms with Crippen LogP contribution in [0.25, 0.3) is 27.8 Å². The molecule has 1 saturated heterocycles. The summed E-state index contributed by atoms with van der Waals surface area (Å²) in [5, 5.41) is 8.03. The lowest BCUT2D eigenvalue weighted by molar-refractivity contribution is -1.01. The van der Waals surface area contributed by atoms with Crippen LogP contribution in [-0.2, 0) is 19.1 Å². The van der Waals surface area contributed by atoms with Crippen LogP contribution in [-0.4, -0.2) is 60.6 Å². The zero-order valence-corrected chi connectivity index (χ0v) is 24.1. The first kappa shape index (κ1) is 28.1. The number of nitrogens with zero attached hydrogens (tertiary/aromatic N) is 4. The predicted molar refractivity (Wildman–Crippen MR) is 159 cm³/mol. The monoisotopic (exact) mass is 603 g/mol. The Morgan fingerprint density at radius 3 is 2.45 bits per heavy atom. The van der Waals surface area contributed by atoms with Gasteiger partial charge in [-0.1, -0.05) is 41.6 Å². The molecule has 0 saturated carbocycles. The Hall–Kier alpha value is -4.68. The summed E-state index contributed by atoms with van der Waals surface area (Å²) in [4.78, 5) is 18.6. The number of hydrogen-bond acceptors (Lipinski definition) is 5. The van der Waals surface area contributed by atoms with E-state index in [-0.39, 0.29) is 35.7 Å². The molecule has 1 fully saturated rings. The lowest BCUT2D eigenvalue weighted by Crippen LogP contribution is -3.26. The number of alkyl halides is 3. The SMILES string of the molecule is C[NH+]1CC[NH+](Cc2ccccc2-c2ccc(N3CCc4c(C(F)(F)F)nn(-c5ccc6onc(N)c6c5)c4C3=O)cc2)CC1. The van der Waals surface area contributed by atoms with Gasteiger partial charge in [-0.05, 0) is 47.9 Å². The van der Waals surface area contributed by atoms with E-state index in [4.69, 9.17) is 10.3 Å². The number of rotatable bonds is 5. The zero-order valence-electron chi connectivity index (χ0n) is 24.1. The van der Waals surface area contributed by atoms with Gasteiger partial charge in [0.25, 0.3) is 5.91 Å². The number of benzene rings is 3. The number of nitrogens with two attached hydrogens (primary N) is 1. The number of carbonyl (C=O) groups excluding carboxylic acids is 1. The summed E-state index contributed by atoms with van der Waals surface area (Å²) >= 11 is 0. The third-order valence-electron chi connectivity index (χ3n) is 8.77. The molecule has 0 radical (unpaired) electrons. The molecule has 0 unspecified atom stereocenters. The van der Waals surface area contributed by atoms with E-state index in [9.17, 15) is 18.0 Å². The smallest absolute Gasteiger partial charge is 0.380 e. The number of halogens is 3. The van der Waals surface area contributed by atoms with Crippen LogP contribution in [0.1, 0.15) is 27.3 Å². The largest absolute Gasteiger partial charge is 0.435 e. The predicted octanol–water partition coefficient (Wildman–Crippen LogP) is 2.40. The van der Waals surface area contributed by atoms with Gasteiger partial charge in [0.1, 0.15) is 38.4 Å². The Kier molecular flexibility index (Phi) is 6.90. The van der Waals surface area contributed by atoms with Crippen molar-refractivity contribution in [2.24, 2.45) is 0 Å². The van der Waals surface area contributed by atoms with Gasteiger partial charge in [0, 0.05) is 23.4 Å². The second-order valence-corrected chi connectivity index (χ2v) is 11.6. The molecule has 5 aromatic rings. The average Bonchev–Trinajstić information content (AvgIpc) is 3.60. The fourth-order valence-corrected chi connectivity index (χ4v) is 6.35. The minimum Gasteiger partial charge on any atom is -0.380 e. The van der Waals surface area contributed by atoms with Gasteiger partial charge in [-0.3, -0.25) is 4.79 Å². The first-order valence-electron chi connectivity index (χ1n) is 14.7. The fourth-order valence-electron chi connectivity index (χ4n) is 6.35. The van der Waals surface area contributed by atoms with Gasteiger partial charge in [-0.2, -0.15) is 18.3 Å². The van der Waals surface area contributed by atoms with Crippen LogP contribution in [0, 0.1) is 0 Å². The number of fused-ring (bicyclic) bond motifs is 2. The fraction of sp³-hybridized carbons (Fsp3) is 0.281. The molecule has 2 aromatic heterocycles. The van der Waals surface area contributed by atoms with E-state index >= 15 is 0 Å². The minimum atomic E-state index is -4.72. The van der Waals surface area contributed by atoms with Crippen LogP contribution in [0.5, 0.6) is 0 Å². The molecule has 0 aliphatic carbocycles. The number of carbonyl (C=O) groups is 1. The maximum Gasteiger partial charge on any atom is 0.435 e. The van der Waals surface area contributed by atoms with E-state index < -0.39 is 17.8 Å². The topological polar surface area (TPSA) is 99.1 Å². The minimum absolute atomic E-state index is 0.00760. The lowest BCUT2D eigenvalue weighted by Gasteiger charge is -2.28. The van der Waals surface area contributed by atoms with Crippen molar-refractivity contribution >= 4 is 28.4 Å². The number of piperazine rings is 1. The second kappa shape index (κ2) is 10.8. The van der Waals surface area contributed by atoms with Gasteiger partial charge in [0.2, 0.25) is 0 Å². The molecule has 1 amide bonds. The molecule has 0 bridgehead atoms. The van der Waals surface area contributed by atoms with Crippen LogP contribution in [0.2, 0.25) is 0 Å². The Labute approximate surface area is 251 Å². The molecule has 7 rings (SSSR count). The first-order chi connectivity index (χ1) is 21.2. The van der Waals surface area contributed by atoms with E-state index in [0.29, 0.717) is 16.7 Å². The van der Waals surface area contributed by atoms with Crippen molar-refractivity contribution in [2.75, 3.05) is 50.4 Å². The number of nitrogens with one attached hydrogen (secondary N) is 2. The zero-order chi connectivity index (χ0) is 30.6. The van der Waals surface area contributed by atoms with Crippen molar-refractivity contribution in [3.8, 4) is 16.8 Å². The molecule has 4 N–H and O–H groups in total. The van der Waals surface area contributed by atoms with Crippen molar-refractivity contribution in [2.45, 2.75) is 19.1 Å². The molecule has 0 spiro atoms. The summed E-state index contributed by atoms with van der Waals surface area (Å²) in [6.07, 6.45) is -4.71. The highest BCUT2D eigenvalue weighted by molar-refractivity contribution is 6.08. The highest BCUT2D eigenvalue weighted by Crippen LogP contribution is 2.38. The maximum atomic E-state index is 14.1. The molecular formula is C32H32F3N7O2+2. The maximum absolute atomic E-state index is 14.1. The number of likely N-dealkylation sites (N-methyl/N-ethyl adjacent to an activating group) is 1. The molecule has 0 atom stereocenters. The Morgan fingerprint density at radius 1 is 0.977 bits per heavy atom. The summed E-state index contributed by atoms with van der Waals surface area (Å²) in [6.45, 7) is 5.62. The molecule has 9 nitrogen and oxygen atoms in total. The van der Waals surface area contributed by atoms with Gasteiger partial charge in [0.15, 0.2) is 17.1 Å². The molecule has 12 heteroatoms. The number of nitrogen functional groups attached to an aromatic ring is 1. The number of hydrogen-bond donors (Lipinski definition) is 3. The number of amides is 1. The van der Waals surface area contributed by atoms with Crippen LogP contribution < -0.4 is 20.4 Å². The van der Waals surface area contributed by atoms with E-state index in [0.717, 1.165) is 48.5 Å². The van der Waals surface area contributed by atoms with Crippen LogP contribution >= 0.6 is 0 Å². The van der Waals surface area contributed by atoms with Crippen LogP contribution in [0.4, 0.5) is 24.7 Å². The summed E-state index contributed by atoms with van der Waals surface area (Å²) in [6, 6.07) is 20.6. The Morgan fingerprint density at radius 2 is 1.70 bits per heavy atom. The van der Waals surface area contributed by atoms with E-state index in [1.807, 2.05) is 30.3 Å². The quantitative estimate of drug-likeness (QED) is 0.287. The van der Waals surface area contributed by atoms with Crippen molar-refractivity contribution in [1.82, 2.24) is 14.9 Å². The van der Waals surface area contributed by atoms with Crippen molar-refractivity contribution < 1.29 is 32.3 Å². The molecule has 44 heavy (non-hydrogen) atoms. The third kappa shape index (κ3) is 4.99. The summed E-state index contributed by atoms with van der Waals surface area (Å²) in [7, 11) is 2.23. The second-order valence-electron chi connectivity index (χ2n) is 11.6. The molecule has 2 aliphatic rings.